The molecule has 0 bridgehead atoms. The van der Waals surface area contributed by atoms with E-state index < -0.39 is 46.6 Å². The third-order valence-electron chi connectivity index (χ3n) is 8.26. The first-order chi connectivity index (χ1) is 21.6. The van der Waals surface area contributed by atoms with E-state index in [9.17, 15) is 35.9 Å². The average Bonchev–Trinajstić information content (AvgIpc) is 3.76. The molecule has 0 saturated heterocycles. The first kappa shape index (κ1) is 34.7. The van der Waals surface area contributed by atoms with Crippen LogP contribution in [0.5, 0.6) is 11.5 Å². The van der Waals surface area contributed by atoms with Gasteiger partial charge in [0.15, 0.2) is 17.5 Å². The standard InChI is InChI=1S/C31H37F6N5O4/c1-45-24-13-8-20(17-25(24)46-2)18-26(43)40-28(38)39-23(16-19-6-4-3-5-7-19)27(44)41-29(14-15-29)21-9-11-22(12-10-21)42(30(32,33)34)31(35,36)37/h8-13,17,19,23H,3-7,14-16,18H2,1-2H3,(H,41,44)(H3,38,39,40,43). The molecule has 2 aliphatic rings. The van der Waals surface area contributed by atoms with Gasteiger partial charge in [-0.25, -0.2) is 4.99 Å². The Hall–Kier alpha value is -4.17. The summed E-state index contributed by atoms with van der Waals surface area (Å²) in [5, 5.41) is 5.42. The van der Waals surface area contributed by atoms with Crippen LogP contribution in [0.15, 0.2) is 47.5 Å². The number of aliphatic imine (C=N–C) groups is 1. The molecule has 4 N–H and O–H groups in total. The van der Waals surface area contributed by atoms with Crippen molar-refractivity contribution in [3.05, 3.63) is 53.6 Å². The van der Waals surface area contributed by atoms with E-state index in [1.165, 1.54) is 14.2 Å². The van der Waals surface area contributed by atoms with Crippen LogP contribution in [-0.4, -0.2) is 50.6 Å². The lowest BCUT2D eigenvalue weighted by Crippen LogP contribution is -2.48. The van der Waals surface area contributed by atoms with Crippen molar-refractivity contribution >= 4 is 23.5 Å². The third kappa shape index (κ3) is 8.75. The van der Waals surface area contributed by atoms with Crippen LogP contribution in [0.2, 0.25) is 0 Å². The number of alkyl halides is 6. The number of hydrogen-bond acceptors (Lipinski definition) is 6. The summed E-state index contributed by atoms with van der Waals surface area (Å²) < 4.78 is 89.3. The van der Waals surface area contributed by atoms with Crippen LogP contribution in [0.3, 0.4) is 0 Å². The van der Waals surface area contributed by atoms with Gasteiger partial charge in [-0.15, -0.1) is 26.3 Å². The molecule has 0 aromatic heterocycles. The summed E-state index contributed by atoms with van der Waals surface area (Å²) in [6.07, 6.45) is -5.31. The van der Waals surface area contributed by atoms with Crippen LogP contribution in [0, 0.1) is 5.92 Å². The van der Waals surface area contributed by atoms with Gasteiger partial charge in [-0.1, -0.05) is 50.3 Å². The quantitative estimate of drug-likeness (QED) is 0.124. The molecule has 2 aromatic rings. The summed E-state index contributed by atoms with van der Waals surface area (Å²) in [4.78, 5) is 29.2. The minimum atomic E-state index is -5.67. The number of anilines is 1. The maximum Gasteiger partial charge on any atom is 0.491 e. The Morgan fingerprint density at radius 2 is 1.57 bits per heavy atom. The van der Waals surface area contributed by atoms with E-state index in [-0.39, 0.29) is 18.3 Å². The molecule has 46 heavy (non-hydrogen) atoms. The van der Waals surface area contributed by atoms with Crippen molar-refractivity contribution < 1.29 is 45.4 Å². The number of guanidine groups is 1. The van der Waals surface area contributed by atoms with E-state index in [1.54, 1.807) is 18.2 Å². The number of hydrogen-bond donors (Lipinski definition) is 3. The number of benzene rings is 2. The number of ether oxygens (including phenoxy) is 2. The molecular weight excluding hydrogens is 620 g/mol. The molecule has 1 unspecified atom stereocenters. The fraction of sp³-hybridized carbons (Fsp3) is 0.516. The first-order valence-corrected chi connectivity index (χ1v) is 14.9. The van der Waals surface area contributed by atoms with Gasteiger partial charge in [0.1, 0.15) is 6.04 Å². The van der Waals surface area contributed by atoms with Gasteiger partial charge < -0.3 is 20.5 Å². The van der Waals surface area contributed by atoms with E-state index in [0.717, 1.165) is 56.4 Å². The summed E-state index contributed by atoms with van der Waals surface area (Å²) in [6, 6.07) is 7.78. The van der Waals surface area contributed by atoms with Crippen molar-refractivity contribution in [2.24, 2.45) is 16.6 Å². The average molecular weight is 658 g/mol. The van der Waals surface area contributed by atoms with Gasteiger partial charge in [-0.05, 0) is 60.6 Å². The number of methoxy groups -OCH3 is 2. The fourth-order valence-corrected chi connectivity index (χ4v) is 5.82. The van der Waals surface area contributed by atoms with Gasteiger partial charge in [0.2, 0.25) is 11.8 Å². The lowest BCUT2D eigenvalue weighted by atomic mass is 9.84. The second-order valence-electron chi connectivity index (χ2n) is 11.6. The van der Waals surface area contributed by atoms with E-state index in [0.29, 0.717) is 41.9 Å². The number of carbonyl (C=O) groups excluding carboxylic acids is 2. The molecule has 15 heteroatoms. The molecule has 2 aromatic carbocycles. The minimum absolute atomic E-state index is 0.0602. The smallest absolute Gasteiger partial charge is 0.491 e. The van der Waals surface area contributed by atoms with Gasteiger partial charge >= 0.3 is 12.6 Å². The highest BCUT2D eigenvalue weighted by Gasteiger charge is 2.54. The summed E-state index contributed by atoms with van der Waals surface area (Å²) >= 11 is 0. The van der Waals surface area contributed by atoms with E-state index >= 15 is 0 Å². The fourth-order valence-electron chi connectivity index (χ4n) is 5.82. The number of amides is 2. The number of rotatable bonds is 11. The Balaban J connectivity index is 1.48. The van der Waals surface area contributed by atoms with Gasteiger partial charge in [-0.2, -0.15) is 4.90 Å². The second-order valence-corrected chi connectivity index (χ2v) is 11.6. The zero-order chi connectivity index (χ0) is 33.7. The number of nitrogens with two attached hydrogens (primary N) is 1. The highest BCUT2D eigenvalue weighted by Crippen LogP contribution is 2.47. The Labute approximate surface area is 262 Å². The third-order valence-corrected chi connectivity index (χ3v) is 8.26. The maximum absolute atomic E-state index is 13.6. The Morgan fingerprint density at radius 1 is 0.957 bits per heavy atom. The minimum Gasteiger partial charge on any atom is -0.493 e. The van der Waals surface area contributed by atoms with Crippen LogP contribution in [0.1, 0.15) is 62.5 Å². The zero-order valence-corrected chi connectivity index (χ0v) is 25.4. The number of carbonyl (C=O) groups is 2. The summed E-state index contributed by atoms with van der Waals surface area (Å²) in [7, 11) is 2.96. The predicted octanol–water partition coefficient (Wildman–Crippen LogP) is 5.67. The molecule has 2 saturated carbocycles. The van der Waals surface area contributed by atoms with Crippen LogP contribution < -0.4 is 30.7 Å². The van der Waals surface area contributed by atoms with E-state index in [4.69, 9.17) is 15.2 Å². The Bertz CT molecular complexity index is 1390. The molecule has 0 spiro atoms. The number of nitrogens with one attached hydrogen (secondary N) is 2. The van der Waals surface area contributed by atoms with Crippen LogP contribution in [0.25, 0.3) is 0 Å². The highest BCUT2D eigenvalue weighted by atomic mass is 19.4. The van der Waals surface area contributed by atoms with E-state index in [1.807, 2.05) is 0 Å². The summed E-state index contributed by atoms with van der Waals surface area (Å²) in [6.45, 7) is 0. The molecule has 2 fully saturated rings. The molecular formula is C31H37F6N5O4. The molecule has 9 nitrogen and oxygen atoms in total. The zero-order valence-electron chi connectivity index (χ0n) is 25.4. The highest BCUT2D eigenvalue weighted by molar-refractivity contribution is 5.98. The molecule has 0 heterocycles. The van der Waals surface area contributed by atoms with Crippen molar-refractivity contribution in [2.75, 3.05) is 19.1 Å². The molecule has 0 aliphatic heterocycles. The lowest BCUT2D eigenvalue weighted by molar-refractivity contribution is -0.226. The van der Waals surface area contributed by atoms with Crippen molar-refractivity contribution in [2.45, 2.75) is 82.0 Å². The van der Waals surface area contributed by atoms with Crippen molar-refractivity contribution in [3.8, 4) is 11.5 Å². The van der Waals surface area contributed by atoms with Crippen LogP contribution in [0.4, 0.5) is 32.0 Å². The molecule has 1 atom stereocenters. The summed E-state index contributed by atoms with van der Waals surface area (Å²) in [5.41, 5.74) is 5.01. The topological polar surface area (TPSA) is 118 Å². The van der Waals surface area contributed by atoms with Crippen molar-refractivity contribution in [1.82, 2.24) is 10.6 Å². The molecule has 2 aliphatic carbocycles. The van der Waals surface area contributed by atoms with Gasteiger partial charge in [-0.3, -0.25) is 14.9 Å². The molecule has 0 radical (unpaired) electrons. The molecule has 252 valence electrons. The largest absolute Gasteiger partial charge is 0.493 e. The van der Waals surface area contributed by atoms with Crippen LogP contribution >= 0.6 is 0 Å². The van der Waals surface area contributed by atoms with Gasteiger partial charge in [0, 0.05) is 0 Å². The van der Waals surface area contributed by atoms with Crippen molar-refractivity contribution in [1.29, 1.82) is 0 Å². The summed E-state index contributed by atoms with van der Waals surface area (Å²) in [5.74, 6) is -0.102. The number of nitrogens with zero attached hydrogens (tertiary/aromatic N) is 2. The Kier molecular flexibility index (Phi) is 10.6. The monoisotopic (exact) mass is 657 g/mol. The molecule has 2 amide bonds. The van der Waals surface area contributed by atoms with E-state index in [2.05, 4.69) is 15.6 Å². The molecule has 4 rings (SSSR count). The maximum atomic E-state index is 13.6. The first-order valence-electron chi connectivity index (χ1n) is 14.9. The van der Waals surface area contributed by atoms with Crippen molar-refractivity contribution in [3.63, 3.8) is 0 Å². The Morgan fingerprint density at radius 3 is 2.11 bits per heavy atom. The second kappa shape index (κ2) is 14.1. The SMILES string of the molecule is COc1ccc(CC(=O)NC(N)=NC(CC2CCCCC2)C(=O)NC2(c3ccc(N(C(F)(F)F)C(F)(F)F)cc3)CC2)cc1OC. The number of halogens is 6. The van der Waals surface area contributed by atoms with Gasteiger partial charge in [0.05, 0.1) is 31.9 Å². The van der Waals surface area contributed by atoms with Gasteiger partial charge in [0.25, 0.3) is 0 Å². The lowest BCUT2D eigenvalue weighted by Gasteiger charge is -2.29. The van der Waals surface area contributed by atoms with Crippen LogP contribution in [-0.2, 0) is 21.5 Å². The predicted molar refractivity (Wildman–Crippen MR) is 158 cm³/mol. The normalized spacial score (nSPS) is 17.5.